The zero-order chi connectivity index (χ0) is 50.0. The minimum absolute atomic E-state index is 0.00268. The van der Waals surface area contributed by atoms with Crippen LogP contribution in [0.1, 0.15) is 78.9 Å². The van der Waals surface area contributed by atoms with Crippen LogP contribution >= 0.6 is 0 Å². The van der Waals surface area contributed by atoms with Gasteiger partial charge in [0.25, 0.3) is 15.9 Å². The van der Waals surface area contributed by atoms with Crippen molar-refractivity contribution >= 4 is 61.7 Å². The van der Waals surface area contributed by atoms with Gasteiger partial charge in [0.2, 0.25) is 17.7 Å². The second kappa shape index (κ2) is 18.3. The molecule has 19 nitrogen and oxygen atoms in total. The number of aromatic nitrogens is 5. The van der Waals surface area contributed by atoms with Gasteiger partial charge in [0.05, 0.1) is 28.8 Å². The lowest BCUT2D eigenvalue weighted by Crippen LogP contribution is -2.53. The van der Waals surface area contributed by atoms with Crippen LogP contribution < -0.4 is 25.4 Å². The smallest absolute Gasteiger partial charge is 0.355 e. The Kier molecular flexibility index (Phi) is 12.2. The lowest BCUT2D eigenvalue weighted by atomic mass is 9.92. The first-order valence-corrected chi connectivity index (χ1v) is 24.5. The average Bonchev–Trinajstić information content (AvgIpc) is 4.03. The number of aliphatic hydroxyl groups excluding tert-OH is 1. The van der Waals surface area contributed by atoms with Crippen molar-refractivity contribution in [1.82, 2.24) is 39.7 Å². The van der Waals surface area contributed by atoms with Crippen LogP contribution in [0, 0.1) is 11.7 Å². The molecule has 370 valence electrons. The number of hydrogen-bond donors (Lipinski definition) is 4. The number of fused-ring (bicyclic) bond motifs is 2. The number of nitrogens with one attached hydrogen (secondary N) is 2. The summed E-state index contributed by atoms with van der Waals surface area (Å²) in [6, 6.07) is 13.9. The van der Waals surface area contributed by atoms with Crippen molar-refractivity contribution in [3.63, 3.8) is 0 Å². The summed E-state index contributed by atoms with van der Waals surface area (Å²) >= 11 is 0. The number of benzene rings is 3. The van der Waals surface area contributed by atoms with Crippen molar-refractivity contribution in [3.8, 4) is 28.1 Å². The van der Waals surface area contributed by atoms with Crippen molar-refractivity contribution in [2.24, 2.45) is 13.0 Å². The Morgan fingerprint density at radius 1 is 1.00 bits per heavy atom. The van der Waals surface area contributed by atoms with E-state index >= 15 is 0 Å². The molecule has 2 unspecified atom stereocenters. The maximum absolute atomic E-state index is 13.7. The predicted molar refractivity (Wildman–Crippen MR) is 252 cm³/mol. The first-order chi connectivity index (χ1) is 33.9. The predicted octanol–water partition coefficient (Wildman–Crippen LogP) is 5.27. The number of nitrogens with zero attached hydrogens (tertiary/aromatic N) is 8. The van der Waals surface area contributed by atoms with Crippen LogP contribution in [-0.2, 0) is 31.5 Å². The van der Waals surface area contributed by atoms with E-state index in [0.717, 1.165) is 10.5 Å². The highest BCUT2D eigenvalue weighted by Crippen LogP contribution is 2.44. The first kappa shape index (κ1) is 47.2. The van der Waals surface area contributed by atoms with Gasteiger partial charge in [0.1, 0.15) is 35.2 Å². The molecule has 3 fully saturated rings. The molecule has 0 spiro atoms. The number of aryl methyl sites for hydroxylation is 1. The molecular formula is C48H48F3N11O8S. The number of piperidine rings is 2. The molecule has 5 N–H and O–H groups in total. The summed E-state index contributed by atoms with van der Waals surface area (Å²) in [6.45, 7) is 3.80. The van der Waals surface area contributed by atoms with Crippen molar-refractivity contribution < 1.29 is 50.6 Å². The van der Waals surface area contributed by atoms with Crippen LogP contribution in [0.4, 0.5) is 30.4 Å². The summed E-state index contributed by atoms with van der Waals surface area (Å²) in [5.74, 6) is -5.53. The number of anilines is 3. The van der Waals surface area contributed by atoms with Crippen LogP contribution in [-0.4, -0.2) is 109 Å². The van der Waals surface area contributed by atoms with E-state index in [1.165, 1.54) is 42.5 Å². The van der Waals surface area contributed by atoms with E-state index in [-0.39, 0.29) is 48.0 Å². The lowest BCUT2D eigenvalue weighted by molar-refractivity contribution is -0.139. The number of aliphatic hydroxyl groups is 1. The average molecular weight is 996 g/mol. The Balaban J connectivity index is 0.799. The number of carbonyl (C=O) groups excluding carboxylic acids is 4. The van der Waals surface area contributed by atoms with Gasteiger partial charge in [0, 0.05) is 97.9 Å². The topological polar surface area (TPSA) is 240 Å². The normalized spacial score (nSPS) is 19.3. The van der Waals surface area contributed by atoms with Crippen LogP contribution in [0.3, 0.4) is 0 Å². The molecule has 3 aromatic carbocycles. The van der Waals surface area contributed by atoms with Crippen LogP contribution in [0.15, 0.2) is 79.3 Å². The number of carbonyl (C=O) groups is 4. The molecule has 10 rings (SSSR count). The van der Waals surface area contributed by atoms with Crippen molar-refractivity contribution in [3.05, 3.63) is 102 Å². The molecule has 3 saturated heterocycles. The fourth-order valence-electron chi connectivity index (χ4n) is 10.1. The fourth-order valence-corrected chi connectivity index (χ4v) is 10.6. The monoisotopic (exact) mass is 995 g/mol. The molecule has 4 aliphatic heterocycles. The number of nitrogens with two attached hydrogens (primary N) is 1. The summed E-state index contributed by atoms with van der Waals surface area (Å²) < 4.78 is 76.7. The molecule has 0 saturated carbocycles. The summed E-state index contributed by atoms with van der Waals surface area (Å²) in [5, 5.41) is 23.5. The number of halogens is 3. The SMILES string of the molecule is C[C@H](Oc1cc(-c2nn(C)c3c(-c4cnn(C5CCN(C(=O)CC6CN(c7cccc8c7C(O)N(C7CCC(=O)NC7=O)C8=O)C6)CC5)c4)cnc(N)c23)ccc1NS(=O)(=O)C(F)F)c1ccc(F)cc1. The van der Waals surface area contributed by atoms with Crippen LogP contribution in [0.2, 0.25) is 0 Å². The number of rotatable bonds is 13. The van der Waals surface area contributed by atoms with Gasteiger partial charge in [-0.15, -0.1) is 0 Å². The Hall–Kier alpha value is -7.53. The fraction of sp³-hybridized carbons (Fsp3) is 0.354. The number of alkyl halides is 2. The second-order valence-corrected chi connectivity index (χ2v) is 19.9. The molecule has 3 atom stereocenters. The molecular weight excluding hydrogens is 948 g/mol. The number of likely N-dealkylation sites (tertiary alicyclic amines) is 1. The van der Waals surface area contributed by atoms with Gasteiger partial charge in [-0.05, 0) is 68.1 Å². The third-order valence-electron chi connectivity index (χ3n) is 13.8. The molecule has 0 radical (unpaired) electrons. The van der Waals surface area contributed by atoms with E-state index in [2.05, 4.69) is 10.3 Å². The standard InChI is InChI=1S/C48H48F3N11O8S/c1-25(27-6-9-30(49)10-7-27)70-37-19-28(8-11-34(37)57-71(68,69)48(50)51)42-41-43(58(2)56-42)33(21-53-44(41)52)29-20-54-61(24-29)31-14-16-59(17-15-31)39(64)18-26-22-60(23-26)35-5-3-4-32-40(35)47(67)62(46(32)66)36-12-13-38(63)55-45(36)65/h3-11,19-21,24-26,31,36,47-48,57,67H,12-18,22-23H2,1-2H3,(H2,52,53)(H,55,63,65)/t25-,36?,47?/m0/s1. The molecule has 0 aliphatic carbocycles. The van der Waals surface area contributed by atoms with E-state index in [1.807, 2.05) is 31.5 Å². The maximum Gasteiger partial charge on any atom is 0.355 e. The number of sulfonamides is 1. The number of pyridine rings is 1. The van der Waals surface area contributed by atoms with Gasteiger partial charge in [-0.25, -0.2) is 17.8 Å². The largest absolute Gasteiger partial charge is 0.484 e. The van der Waals surface area contributed by atoms with Crippen LogP contribution in [0.25, 0.3) is 33.3 Å². The van der Waals surface area contributed by atoms with E-state index < -0.39 is 57.7 Å². The molecule has 4 aliphatic rings. The molecule has 3 aromatic heterocycles. The Labute approximate surface area is 404 Å². The molecule has 6 aromatic rings. The van der Waals surface area contributed by atoms with Gasteiger partial charge in [-0.3, -0.25) is 43.5 Å². The zero-order valence-corrected chi connectivity index (χ0v) is 39.2. The highest BCUT2D eigenvalue weighted by Gasteiger charge is 2.47. The van der Waals surface area contributed by atoms with Gasteiger partial charge >= 0.3 is 5.76 Å². The minimum atomic E-state index is -5.08. The molecule has 0 bridgehead atoms. The number of hydrogen-bond acceptors (Lipinski definition) is 13. The van der Waals surface area contributed by atoms with Crippen molar-refractivity contribution in [2.75, 3.05) is 41.5 Å². The molecule has 7 heterocycles. The number of imide groups is 1. The van der Waals surface area contributed by atoms with Gasteiger partial charge < -0.3 is 25.4 Å². The highest BCUT2D eigenvalue weighted by atomic mass is 32.2. The quantitative estimate of drug-likeness (QED) is 0.108. The van der Waals surface area contributed by atoms with E-state index in [9.17, 15) is 45.9 Å². The van der Waals surface area contributed by atoms with Crippen molar-refractivity contribution in [2.45, 2.75) is 69.2 Å². The third kappa shape index (κ3) is 8.76. The Bertz CT molecular complexity index is 3230. The number of amides is 4. The second-order valence-electron chi connectivity index (χ2n) is 18.3. The summed E-state index contributed by atoms with van der Waals surface area (Å²) in [6.07, 6.45) is 4.99. The van der Waals surface area contributed by atoms with E-state index in [0.29, 0.717) is 95.5 Å². The zero-order valence-electron chi connectivity index (χ0n) is 38.3. The van der Waals surface area contributed by atoms with Gasteiger partial charge in [-0.2, -0.15) is 19.0 Å². The van der Waals surface area contributed by atoms with Gasteiger partial charge in [-0.1, -0.05) is 24.3 Å². The minimum Gasteiger partial charge on any atom is -0.484 e. The molecule has 4 amide bonds. The van der Waals surface area contributed by atoms with Crippen LogP contribution in [0.5, 0.6) is 5.75 Å². The highest BCUT2D eigenvalue weighted by molar-refractivity contribution is 7.93. The molecule has 23 heteroatoms. The first-order valence-electron chi connectivity index (χ1n) is 23.0. The summed E-state index contributed by atoms with van der Waals surface area (Å²) in [7, 11) is -3.36. The van der Waals surface area contributed by atoms with E-state index in [4.69, 9.17) is 20.7 Å². The Morgan fingerprint density at radius 3 is 2.46 bits per heavy atom. The maximum atomic E-state index is 13.7. The Morgan fingerprint density at radius 2 is 1.75 bits per heavy atom. The third-order valence-corrected chi connectivity index (χ3v) is 14.7. The molecule has 71 heavy (non-hydrogen) atoms. The van der Waals surface area contributed by atoms with E-state index in [1.54, 1.807) is 43.2 Å². The summed E-state index contributed by atoms with van der Waals surface area (Å²) in [4.78, 5) is 60.9. The lowest BCUT2D eigenvalue weighted by Gasteiger charge is -2.43. The summed E-state index contributed by atoms with van der Waals surface area (Å²) in [5.41, 5.74) is 11.0. The van der Waals surface area contributed by atoms with Gasteiger partial charge in [0.15, 0.2) is 6.23 Å². The van der Waals surface area contributed by atoms with Crippen molar-refractivity contribution in [1.29, 1.82) is 0 Å². The number of nitrogen functional groups attached to an aromatic ring is 1. The number of ether oxygens (including phenoxy) is 1.